The SMILES string of the molecule is C=CCNC(=NCC(=O)N(C)C)NCC1CCCOC1c1ccc(C)cc1. The molecule has 2 rings (SSSR count). The normalized spacial score (nSPS) is 20.0. The van der Waals surface area contributed by atoms with Crippen molar-refractivity contribution in [1.29, 1.82) is 0 Å². The van der Waals surface area contributed by atoms with E-state index >= 15 is 0 Å². The number of amides is 1. The Bertz CT molecular complexity index is 640. The lowest BCUT2D eigenvalue weighted by atomic mass is 9.89. The first-order valence-electron chi connectivity index (χ1n) is 9.52. The molecule has 1 aromatic carbocycles. The van der Waals surface area contributed by atoms with Crippen LogP contribution in [0.5, 0.6) is 0 Å². The number of ether oxygens (including phenoxy) is 1. The second-order valence-electron chi connectivity index (χ2n) is 7.11. The number of hydrogen-bond acceptors (Lipinski definition) is 3. The van der Waals surface area contributed by atoms with E-state index in [9.17, 15) is 4.79 Å². The van der Waals surface area contributed by atoms with Crippen LogP contribution in [0, 0.1) is 12.8 Å². The third-order valence-corrected chi connectivity index (χ3v) is 4.67. The van der Waals surface area contributed by atoms with Crippen LogP contribution in [0.3, 0.4) is 0 Å². The number of likely N-dealkylation sites (N-methyl/N-ethyl adjacent to an activating group) is 1. The summed E-state index contributed by atoms with van der Waals surface area (Å²) in [6.07, 6.45) is 4.00. The monoisotopic (exact) mass is 372 g/mol. The van der Waals surface area contributed by atoms with E-state index < -0.39 is 0 Å². The van der Waals surface area contributed by atoms with Gasteiger partial charge in [0.25, 0.3) is 0 Å². The molecule has 6 nitrogen and oxygen atoms in total. The summed E-state index contributed by atoms with van der Waals surface area (Å²) >= 11 is 0. The summed E-state index contributed by atoms with van der Waals surface area (Å²) in [6, 6.07) is 8.56. The first-order valence-corrected chi connectivity index (χ1v) is 9.52. The van der Waals surface area contributed by atoms with Crippen molar-refractivity contribution in [3.05, 3.63) is 48.0 Å². The van der Waals surface area contributed by atoms with Crippen LogP contribution >= 0.6 is 0 Å². The third-order valence-electron chi connectivity index (χ3n) is 4.67. The molecular weight excluding hydrogens is 340 g/mol. The van der Waals surface area contributed by atoms with Crippen LogP contribution in [0.2, 0.25) is 0 Å². The molecule has 0 spiro atoms. The number of benzene rings is 1. The fourth-order valence-electron chi connectivity index (χ4n) is 3.04. The highest BCUT2D eigenvalue weighted by Crippen LogP contribution is 2.33. The van der Waals surface area contributed by atoms with Crippen molar-refractivity contribution in [2.75, 3.05) is 40.3 Å². The van der Waals surface area contributed by atoms with Crippen LogP contribution < -0.4 is 10.6 Å². The van der Waals surface area contributed by atoms with Crippen molar-refractivity contribution in [3.8, 4) is 0 Å². The maximum atomic E-state index is 11.8. The summed E-state index contributed by atoms with van der Waals surface area (Å²) in [7, 11) is 3.46. The van der Waals surface area contributed by atoms with E-state index in [1.165, 1.54) is 16.0 Å². The molecule has 2 atom stereocenters. The zero-order valence-corrected chi connectivity index (χ0v) is 16.7. The summed E-state index contributed by atoms with van der Waals surface area (Å²) < 4.78 is 6.08. The van der Waals surface area contributed by atoms with E-state index in [4.69, 9.17) is 4.74 Å². The number of aryl methyl sites for hydroxylation is 1. The Morgan fingerprint density at radius 1 is 1.33 bits per heavy atom. The highest BCUT2D eigenvalue weighted by atomic mass is 16.5. The Labute approximate surface area is 162 Å². The van der Waals surface area contributed by atoms with Crippen molar-refractivity contribution < 1.29 is 9.53 Å². The second-order valence-corrected chi connectivity index (χ2v) is 7.11. The highest BCUT2D eigenvalue weighted by Gasteiger charge is 2.27. The number of carbonyl (C=O) groups excluding carboxylic acids is 1. The summed E-state index contributed by atoms with van der Waals surface area (Å²) in [5, 5.41) is 6.54. The maximum absolute atomic E-state index is 11.8. The molecule has 1 fully saturated rings. The minimum atomic E-state index is -0.0340. The minimum Gasteiger partial charge on any atom is -0.373 e. The molecule has 1 aliphatic heterocycles. The fraction of sp³-hybridized carbons (Fsp3) is 0.524. The van der Waals surface area contributed by atoms with Gasteiger partial charge in [-0.05, 0) is 25.3 Å². The topological polar surface area (TPSA) is 66.0 Å². The second kappa shape index (κ2) is 10.7. The summed E-state index contributed by atoms with van der Waals surface area (Å²) in [4.78, 5) is 17.7. The van der Waals surface area contributed by atoms with Crippen molar-refractivity contribution >= 4 is 11.9 Å². The molecule has 1 aromatic rings. The molecule has 1 aliphatic rings. The van der Waals surface area contributed by atoms with E-state index in [1.54, 1.807) is 20.2 Å². The summed E-state index contributed by atoms with van der Waals surface area (Å²) in [5.41, 5.74) is 2.46. The van der Waals surface area contributed by atoms with Gasteiger partial charge in [-0.25, -0.2) is 4.99 Å². The fourth-order valence-corrected chi connectivity index (χ4v) is 3.04. The minimum absolute atomic E-state index is 0.0340. The third kappa shape index (κ3) is 6.71. The molecule has 0 aliphatic carbocycles. The summed E-state index contributed by atoms with van der Waals surface area (Å²) in [5.74, 6) is 0.938. The molecule has 148 valence electrons. The average molecular weight is 373 g/mol. The predicted octanol–water partition coefficient (Wildman–Crippen LogP) is 2.27. The first kappa shape index (κ1) is 21.0. The lowest BCUT2D eigenvalue weighted by Gasteiger charge is -2.32. The van der Waals surface area contributed by atoms with Crippen LogP contribution in [0.25, 0.3) is 0 Å². The maximum Gasteiger partial charge on any atom is 0.243 e. The predicted molar refractivity (Wildman–Crippen MR) is 110 cm³/mol. The Balaban J connectivity index is 2.01. The van der Waals surface area contributed by atoms with E-state index in [0.29, 0.717) is 18.4 Å². The molecule has 2 N–H and O–H groups in total. The number of rotatable bonds is 7. The van der Waals surface area contributed by atoms with E-state index in [-0.39, 0.29) is 18.6 Å². The number of carbonyl (C=O) groups is 1. The van der Waals surface area contributed by atoms with Gasteiger partial charge in [-0.1, -0.05) is 35.9 Å². The van der Waals surface area contributed by atoms with Gasteiger partial charge in [0.1, 0.15) is 6.54 Å². The molecule has 1 amide bonds. The van der Waals surface area contributed by atoms with Crippen LogP contribution in [0.15, 0.2) is 41.9 Å². The van der Waals surface area contributed by atoms with Gasteiger partial charge in [-0.15, -0.1) is 6.58 Å². The molecule has 1 heterocycles. The van der Waals surface area contributed by atoms with E-state index in [2.05, 4.69) is 53.4 Å². The number of nitrogens with zero attached hydrogens (tertiary/aromatic N) is 2. The Morgan fingerprint density at radius 3 is 2.74 bits per heavy atom. The molecule has 0 radical (unpaired) electrons. The molecule has 0 bridgehead atoms. The Morgan fingerprint density at radius 2 is 2.07 bits per heavy atom. The van der Waals surface area contributed by atoms with E-state index in [0.717, 1.165) is 26.0 Å². The van der Waals surface area contributed by atoms with Crippen molar-refractivity contribution in [2.24, 2.45) is 10.9 Å². The smallest absolute Gasteiger partial charge is 0.243 e. The van der Waals surface area contributed by atoms with Gasteiger partial charge < -0.3 is 20.3 Å². The zero-order chi connectivity index (χ0) is 19.6. The number of hydrogen-bond donors (Lipinski definition) is 2. The highest BCUT2D eigenvalue weighted by molar-refractivity contribution is 5.84. The van der Waals surface area contributed by atoms with Gasteiger partial charge in [-0.3, -0.25) is 4.79 Å². The van der Waals surface area contributed by atoms with Gasteiger partial charge in [0.15, 0.2) is 5.96 Å². The summed E-state index contributed by atoms with van der Waals surface area (Å²) in [6.45, 7) is 8.04. The Hall–Kier alpha value is -2.34. The van der Waals surface area contributed by atoms with Crippen LogP contribution in [0.4, 0.5) is 0 Å². The zero-order valence-electron chi connectivity index (χ0n) is 16.7. The number of guanidine groups is 1. The molecule has 27 heavy (non-hydrogen) atoms. The van der Waals surface area contributed by atoms with Crippen LogP contribution in [0.1, 0.15) is 30.1 Å². The quantitative estimate of drug-likeness (QED) is 0.438. The van der Waals surface area contributed by atoms with Crippen molar-refractivity contribution in [3.63, 3.8) is 0 Å². The average Bonchev–Trinajstić information content (AvgIpc) is 2.68. The van der Waals surface area contributed by atoms with Gasteiger partial charge in [0.05, 0.1) is 6.10 Å². The van der Waals surface area contributed by atoms with Crippen molar-refractivity contribution in [1.82, 2.24) is 15.5 Å². The van der Waals surface area contributed by atoms with Gasteiger partial charge in [0.2, 0.25) is 5.91 Å². The number of nitrogens with one attached hydrogen (secondary N) is 2. The molecule has 6 heteroatoms. The lowest BCUT2D eigenvalue weighted by molar-refractivity contribution is -0.127. The van der Waals surface area contributed by atoms with E-state index in [1.807, 2.05) is 0 Å². The first-order chi connectivity index (χ1) is 13.0. The molecule has 0 saturated carbocycles. The molecular formula is C21H32N4O2. The van der Waals surface area contributed by atoms with Gasteiger partial charge in [0, 0.05) is 39.7 Å². The largest absolute Gasteiger partial charge is 0.373 e. The van der Waals surface area contributed by atoms with Gasteiger partial charge >= 0.3 is 0 Å². The number of aliphatic imine (C=N–C) groups is 1. The van der Waals surface area contributed by atoms with Gasteiger partial charge in [-0.2, -0.15) is 0 Å². The Kier molecular flexibility index (Phi) is 8.33. The standard InChI is InChI=1S/C21H32N4O2/c1-5-12-22-21(24-15-19(26)25(3)4)23-14-18-7-6-13-27-20(18)17-10-8-16(2)9-11-17/h5,8-11,18,20H,1,6-7,12-15H2,2-4H3,(H2,22,23,24). The molecule has 1 saturated heterocycles. The van der Waals surface area contributed by atoms with Crippen LogP contribution in [-0.2, 0) is 9.53 Å². The van der Waals surface area contributed by atoms with Crippen LogP contribution in [-0.4, -0.2) is 57.1 Å². The molecule has 0 aromatic heterocycles. The lowest BCUT2D eigenvalue weighted by Crippen LogP contribution is -2.42. The molecule has 2 unspecified atom stereocenters. The van der Waals surface area contributed by atoms with Crippen molar-refractivity contribution in [2.45, 2.75) is 25.9 Å².